The van der Waals surface area contributed by atoms with E-state index < -0.39 is 9.84 Å². The van der Waals surface area contributed by atoms with E-state index in [-0.39, 0.29) is 22.8 Å². The van der Waals surface area contributed by atoms with Crippen molar-refractivity contribution in [1.29, 1.82) is 0 Å². The first-order valence-electron chi connectivity index (χ1n) is 10.6. The van der Waals surface area contributed by atoms with Gasteiger partial charge >= 0.3 is 0 Å². The normalized spacial score (nSPS) is 19.3. The lowest BCUT2D eigenvalue weighted by molar-refractivity contribution is -0.131. The van der Waals surface area contributed by atoms with Crippen LogP contribution in [0.4, 0.5) is 0 Å². The van der Waals surface area contributed by atoms with Crippen LogP contribution in [0.15, 0.2) is 24.3 Å². The monoisotopic (exact) mass is 407 g/mol. The summed E-state index contributed by atoms with van der Waals surface area (Å²) >= 11 is 0. The molecular formula is C22H33NO4S. The van der Waals surface area contributed by atoms with Gasteiger partial charge in [-0.3, -0.25) is 4.79 Å². The molecule has 2 aliphatic rings. The molecule has 6 heteroatoms. The number of ether oxygens (including phenoxy) is 1. The minimum Gasteiger partial charge on any atom is -0.490 e. The molecule has 0 N–H and O–H groups in total. The Morgan fingerprint density at radius 2 is 1.82 bits per heavy atom. The molecule has 0 aromatic heterocycles. The summed E-state index contributed by atoms with van der Waals surface area (Å²) in [5.74, 6) is 1.38. The van der Waals surface area contributed by atoms with Crippen LogP contribution in [0.3, 0.4) is 0 Å². The lowest BCUT2D eigenvalue weighted by atomic mass is 9.98. The zero-order valence-electron chi connectivity index (χ0n) is 17.1. The second-order valence-corrected chi connectivity index (χ2v) is 11.2. The second kappa shape index (κ2) is 9.29. The smallest absolute Gasteiger partial charge is 0.226 e. The van der Waals surface area contributed by atoms with Crippen LogP contribution < -0.4 is 4.74 Å². The van der Waals surface area contributed by atoms with Crippen molar-refractivity contribution in [2.45, 2.75) is 70.1 Å². The highest BCUT2D eigenvalue weighted by molar-refractivity contribution is 7.91. The number of nitrogens with zero attached hydrogens (tertiary/aromatic N) is 1. The maximum atomic E-state index is 12.7. The average molecular weight is 408 g/mol. The molecule has 1 saturated carbocycles. The molecule has 2 fully saturated rings. The standard InChI is InChI=1S/C22H33NO4S/c1-17(2)28(25,26)16-18-10-12-23(13-11-18)22(24)15-19-6-5-9-21(14-19)27-20-7-3-4-8-20/h5-6,9,14,17-18,20H,3-4,7-8,10-13,15-16H2,1-2H3. The zero-order valence-corrected chi connectivity index (χ0v) is 17.9. The van der Waals surface area contributed by atoms with E-state index in [1.165, 1.54) is 12.8 Å². The molecular weight excluding hydrogens is 374 g/mol. The van der Waals surface area contributed by atoms with Gasteiger partial charge in [0.05, 0.1) is 23.5 Å². The molecule has 5 nitrogen and oxygen atoms in total. The van der Waals surface area contributed by atoms with Gasteiger partial charge in [0.1, 0.15) is 5.75 Å². The van der Waals surface area contributed by atoms with E-state index in [2.05, 4.69) is 0 Å². The molecule has 0 radical (unpaired) electrons. The van der Waals surface area contributed by atoms with E-state index >= 15 is 0 Å². The van der Waals surface area contributed by atoms with E-state index in [0.29, 0.717) is 25.6 Å². The Labute approximate surface area is 169 Å². The summed E-state index contributed by atoms with van der Waals surface area (Å²) < 4.78 is 30.3. The average Bonchev–Trinajstić information content (AvgIpc) is 3.15. The van der Waals surface area contributed by atoms with Crippen LogP contribution in [0.25, 0.3) is 0 Å². The molecule has 1 aromatic rings. The highest BCUT2D eigenvalue weighted by Crippen LogP contribution is 2.25. The number of amides is 1. The number of carbonyl (C=O) groups excluding carboxylic acids is 1. The van der Waals surface area contributed by atoms with Crippen LogP contribution in [0, 0.1) is 5.92 Å². The summed E-state index contributed by atoms with van der Waals surface area (Å²) in [6.07, 6.45) is 6.91. The lowest BCUT2D eigenvalue weighted by Gasteiger charge is -2.32. The molecule has 1 aliphatic carbocycles. The Kier molecular flexibility index (Phi) is 7.02. The molecule has 0 unspecified atom stereocenters. The Hall–Kier alpha value is -1.56. The minimum atomic E-state index is -3.02. The minimum absolute atomic E-state index is 0.114. The van der Waals surface area contributed by atoms with E-state index in [4.69, 9.17) is 4.74 Å². The van der Waals surface area contributed by atoms with Gasteiger partial charge in [-0.05, 0) is 76.0 Å². The van der Waals surface area contributed by atoms with E-state index in [0.717, 1.165) is 37.0 Å². The molecule has 0 spiro atoms. The van der Waals surface area contributed by atoms with Crippen LogP contribution >= 0.6 is 0 Å². The van der Waals surface area contributed by atoms with Crippen molar-refractivity contribution in [3.8, 4) is 5.75 Å². The molecule has 0 atom stereocenters. The van der Waals surface area contributed by atoms with Crippen molar-refractivity contribution < 1.29 is 17.9 Å². The number of hydrogen-bond acceptors (Lipinski definition) is 4. The maximum Gasteiger partial charge on any atom is 0.226 e. The third kappa shape index (κ3) is 5.72. The van der Waals surface area contributed by atoms with Crippen molar-refractivity contribution in [3.63, 3.8) is 0 Å². The van der Waals surface area contributed by atoms with Gasteiger partial charge in [-0.2, -0.15) is 0 Å². The van der Waals surface area contributed by atoms with E-state index in [9.17, 15) is 13.2 Å². The van der Waals surface area contributed by atoms with Gasteiger partial charge in [0.25, 0.3) is 0 Å². The predicted octanol–water partition coefficient (Wildman–Crippen LogP) is 3.61. The number of sulfone groups is 1. The fourth-order valence-corrected chi connectivity index (χ4v) is 5.46. The number of likely N-dealkylation sites (tertiary alicyclic amines) is 1. The molecule has 28 heavy (non-hydrogen) atoms. The van der Waals surface area contributed by atoms with Crippen molar-refractivity contribution >= 4 is 15.7 Å². The fourth-order valence-electron chi connectivity index (χ4n) is 4.08. The van der Waals surface area contributed by atoms with Crippen molar-refractivity contribution in [2.75, 3.05) is 18.8 Å². The van der Waals surface area contributed by atoms with Crippen LogP contribution in [0.5, 0.6) is 5.75 Å². The number of benzene rings is 1. The van der Waals surface area contributed by atoms with E-state index in [1.54, 1.807) is 13.8 Å². The third-order valence-corrected chi connectivity index (χ3v) is 8.38. The van der Waals surface area contributed by atoms with Gasteiger partial charge in [0, 0.05) is 13.1 Å². The quantitative estimate of drug-likeness (QED) is 0.693. The second-order valence-electron chi connectivity index (χ2n) is 8.55. The molecule has 1 aromatic carbocycles. The van der Waals surface area contributed by atoms with Crippen molar-refractivity contribution in [2.24, 2.45) is 5.92 Å². The van der Waals surface area contributed by atoms with Gasteiger partial charge in [-0.1, -0.05) is 12.1 Å². The van der Waals surface area contributed by atoms with Crippen LogP contribution in [-0.2, 0) is 21.1 Å². The SMILES string of the molecule is CC(C)S(=O)(=O)CC1CCN(C(=O)Cc2cccc(OC3CCCC3)c2)CC1. The number of hydrogen-bond donors (Lipinski definition) is 0. The Morgan fingerprint density at radius 3 is 2.46 bits per heavy atom. The summed E-state index contributed by atoms with van der Waals surface area (Å²) in [4.78, 5) is 14.6. The number of carbonyl (C=O) groups is 1. The highest BCUT2D eigenvalue weighted by atomic mass is 32.2. The topological polar surface area (TPSA) is 63.7 Å². The summed E-state index contributed by atoms with van der Waals surface area (Å²) in [5, 5.41) is -0.328. The molecule has 3 rings (SSSR count). The van der Waals surface area contributed by atoms with Crippen molar-refractivity contribution in [1.82, 2.24) is 4.90 Å². The van der Waals surface area contributed by atoms with E-state index in [1.807, 2.05) is 29.2 Å². The zero-order chi connectivity index (χ0) is 20.1. The summed E-state index contributed by atoms with van der Waals surface area (Å²) in [6.45, 7) is 4.77. The van der Waals surface area contributed by atoms with Gasteiger partial charge < -0.3 is 9.64 Å². The first-order valence-corrected chi connectivity index (χ1v) is 12.3. The fraction of sp³-hybridized carbons (Fsp3) is 0.682. The van der Waals surface area contributed by atoms with Crippen LogP contribution in [-0.4, -0.2) is 49.4 Å². The van der Waals surface area contributed by atoms with Crippen LogP contribution in [0.2, 0.25) is 0 Å². The van der Waals surface area contributed by atoms with Gasteiger partial charge in [-0.15, -0.1) is 0 Å². The lowest BCUT2D eigenvalue weighted by Crippen LogP contribution is -2.41. The molecule has 1 saturated heterocycles. The van der Waals surface area contributed by atoms with Gasteiger partial charge in [0.2, 0.25) is 5.91 Å². The molecule has 156 valence electrons. The Balaban J connectivity index is 1.49. The molecule has 1 aliphatic heterocycles. The molecule has 0 bridgehead atoms. The Bertz CT molecular complexity index is 760. The number of rotatable bonds is 7. The first-order chi connectivity index (χ1) is 13.3. The summed E-state index contributed by atoms with van der Waals surface area (Å²) in [7, 11) is -3.02. The summed E-state index contributed by atoms with van der Waals surface area (Å²) in [6, 6.07) is 7.88. The first kappa shape index (κ1) is 21.2. The predicted molar refractivity (Wildman–Crippen MR) is 111 cm³/mol. The third-order valence-electron chi connectivity index (χ3n) is 6.01. The maximum absolute atomic E-state index is 12.7. The largest absolute Gasteiger partial charge is 0.490 e. The van der Waals surface area contributed by atoms with Crippen LogP contribution in [0.1, 0.15) is 57.9 Å². The molecule has 1 amide bonds. The van der Waals surface area contributed by atoms with Gasteiger partial charge in [0.15, 0.2) is 9.84 Å². The van der Waals surface area contributed by atoms with Crippen molar-refractivity contribution in [3.05, 3.63) is 29.8 Å². The number of piperidine rings is 1. The Morgan fingerprint density at radius 1 is 1.14 bits per heavy atom. The summed E-state index contributed by atoms with van der Waals surface area (Å²) in [5.41, 5.74) is 0.977. The molecule has 1 heterocycles. The van der Waals surface area contributed by atoms with Gasteiger partial charge in [-0.25, -0.2) is 8.42 Å². The highest BCUT2D eigenvalue weighted by Gasteiger charge is 2.28.